The molecule has 2 rings (SSSR count). The Morgan fingerprint density at radius 2 is 1.50 bits per heavy atom. The highest BCUT2D eigenvalue weighted by Gasteiger charge is 1.96. The molecule has 0 amide bonds. The molecule has 140 valence electrons. The molecular formula is C21H28N2O3. The van der Waals surface area contributed by atoms with Gasteiger partial charge in [-0.15, -0.1) is 0 Å². The van der Waals surface area contributed by atoms with E-state index >= 15 is 0 Å². The monoisotopic (exact) mass is 356 g/mol. The number of hydrogen-bond acceptors (Lipinski definition) is 5. The van der Waals surface area contributed by atoms with Crippen molar-refractivity contribution in [2.45, 2.75) is 13.3 Å². The molecule has 2 aromatic rings. The van der Waals surface area contributed by atoms with Crippen molar-refractivity contribution in [3.8, 4) is 5.88 Å². The molecule has 0 aliphatic rings. The van der Waals surface area contributed by atoms with Crippen LogP contribution in [0.5, 0.6) is 5.88 Å². The van der Waals surface area contributed by atoms with Crippen molar-refractivity contribution in [3.05, 3.63) is 53.7 Å². The Bertz CT molecular complexity index is 639. The van der Waals surface area contributed by atoms with Crippen LogP contribution >= 0.6 is 0 Å². The average Bonchev–Trinajstić information content (AvgIpc) is 2.69. The van der Waals surface area contributed by atoms with Crippen LogP contribution in [-0.4, -0.2) is 45.1 Å². The molecule has 0 atom stereocenters. The Hall–Kier alpha value is -2.37. The number of nitrogens with one attached hydrogen (secondary N) is 1. The van der Waals surface area contributed by atoms with E-state index in [-0.39, 0.29) is 0 Å². The minimum absolute atomic E-state index is 0.480. The normalized spacial score (nSPS) is 11.0. The van der Waals surface area contributed by atoms with Crippen LogP contribution in [0.4, 0.5) is 5.69 Å². The van der Waals surface area contributed by atoms with Crippen molar-refractivity contribution in [1.82, 2.24) is 4.98 Å². The lowest BCUT2D eigenvalue weighted by molar-refractivity contribution is 0.0361. The Labute approximate surface area is 156 Å². The van der Waals surface area contributed by atoms with Crippen molar-refractivity contribution in [1.29, 1.82) is 0 Å². The summed E-state index contributed by atoms with van der Waals surface area (Å²) in [6, 6.07) is 12.1. The van der Waals surface area contributed by atoms with E-state index in [1.807, 2.05) is 37.4 Å². The number of anilines is 1. The molecule has 1 N–H and O–H groups in total. The second-order valence-corrected chi connectivity index (χ2v) is 5.71. The number of ether oxygens (including phenoxy) is 3. The Morgan fingerprint density at radius 3 is 2.15 bits per heavy atom. The van der Waals surface area contributed by atoms with Gasteiger partial charge in [0.15, 0.2) is 0 Å². The fourth-order valence-corrected chi connectivity index (χ4v) is 2.20. The van der Waals surface area contributed by atoms with Gasteiger partial charge in [-0.25, -0.2) is 4.98 Å². The van der Waals surface area contributed by atoms with Crippen molar-refractivity contribution in [2.75, 3.05) is 45.4 Å². The van der Waals surface area contributed by atoms with Crippen molar-refractivity contribution in [2.24, 2.45) is 0 Å². The van der Waals surface area contributed by atoms with Crippen molar-refractivity contribution < 1.29 is 14.2 Å². The van der Waals surface area contributed by atoms with E-state index in [9.17, 15) is 0 Å². The molecule has 0 radical (unpaired) electrons. The van der Waals surface area contributed by atoms with Gasteiger partial charge < -0.3 is 19.5 Å². The topological polar surface area (TPSA) is 52.6 Å². The third-order valence-electron chi connectivity index (χ3n) is 3.62. The number of nitrogens with zero attached hydrogens (tertiary/aromatic N) is 1. The molecule has 0 bridgehead atoms. The summed E-state index contributed by atoms with van der Waals surface area (Å²) in [5.41, 5.74) is 3.27. The minimum atomic E-state index is 0.480. The van der Waals surface area contributed by atoms with Crippen molar-refractivity contribution >= 4 is 17.8 Å². The zero-order chi connectivity index (χ0) is 18.5. The Morgan fingerprint density at radius 1 is 0.846 bits per heavy atom. The molecular weight excluding hydrogens is 328 g/mol. The molecule has 26 heavy (non-hydrogen) atoms. The zero-order valence-electron chi connectivity index (χ0n) is 15.6. The van der Waals surface area contributed by atoms with Crippen LogP contribution in [0.15, 0.2) is 42.6 Å². The molecule has 1 aromatic carbocycles. The standard InChI is InChI=1S/C21H28N2O3/c1-3-12-24-13-14-25-15-16-26-21-11-8-19(17-23-21)5-4-18-6-9-20(22-2)10-7-18/h4-11,17,22H,3,12-16H2,1-2H3/b5-4+. The van der Waals surface area contributed by atoms with Gasteiger partial charge in [0.2, 0.25) is 5.88 Å². The van der Waals surface area contributed by atoms with Gasteiger partial charge in [-0.3, -0.25) is 0 Å². The second kappa shape index (κ2) is 12.1. The molecule has 5 heteroatoms. The van der Waals surface area contributed by atoms with Gasteiger partial charge >= 0.3 is 0 Å². The van der Waals surface area contributed by atoms with E-state index < -0.39 is 0 Å². The van der Waals surface area contributed by atoms with Gasteiger partial charge in [-0.1, -0.05) is 31.2 Å². The first kappa shape index (κ1) is 19.9. The summed E-state index contributed by atoms with van der Waals surface area (Å²) in [5, 5.41) is 3.11. The minimum Gasteiger partial charge on any atom is -0.475 e. The van der Waals surface area contributed by atoms with E-state index in [1.165, 1.54) is 0 Å². The predicted molar refractivity (Wildman–Crippen MR) is 107 cm³/mol. The van der Waals surface area contributed by atoms with Gasteiger partial charge in [-0.05, 0) is 35.7 Å². The van der Waals surface area contributed by atoms with Crippen LogP contribution in [0.25, 0.3) is 12.2 Å². The summed E-state index contributed by atoms with van der Waals surface area (Å²) >= 11 is 0. The smallest absolute Gasteiger partial charge is 0.213 e. The highest BCUT2D eigenvalue weighted by Crippen LogP contribution is 2.13. The summed E-state index contributed by atoms with van der Waals surface area (Å²) < 4.78 is 16.3. The summed E-state index contributed by atoms with van der Waals surface area (Å²) in [6.07, 6.45) is 6.92. The molecule has 0 spiro atoms. The molecule has 0 saturated carbocycles. The largest absolute Gasteiger partial charge is 0.475 e. The van der Waals surface area contributed by atoms with Gasteiger partial charge in [0.25, 0.3) is 0 Å². The molecule has 0 aliphatic heterocycles. The molecule has 0 aliphatic carbocycles. The van der Waals surface area contributed by atoms with Gasteiger partial charge in [0.1, 0.15) is 6.61 Å². The number of pyridine rings is 1. The predicted octanol–water partition coefficient (Wildman–Crippen LogP) is 4.12. The molecule has 0 unspecified atom stereocenters. The lowest BCUT2D eigenvalue weighted by atomic mass is 10.1. The number of aromatic nitrogens is 1. The summed E-state index contributed by atoms with van der Waals surface area (Å²) in [7, 11) is 1.91. The second-order valence-electron chi connectivity index (χ2n) is 5.71. The van der Waals surface area contributed by atoms with Crippen LogP contribution in [0.1, 0.15) is 24.5 Å². The maximum absolute atomic E-state index is 5.57. The number of benzene rings is 1. The summed E-state index contributed by atoms with van der Waals surface area (Å²) in [4.78, 5) is 4.31. The maximum Gasteiger partial charge on any atom is 0.213 e. The highest BCUT2D eigenvalue weighted by molar-refractivity contribution is 5.70. The van der Waals surface area contributed by atoms with E-state index in [0.29, 0.717) is 32.3 Å². The molecule has 5 nitrogen and oxygen atoms in total. The Kier molecular flexibility index (Phi) is 9.25. The van der Waals surface area contributed by atoms with Crippen LogP contribution in [0.2, 0.25) is 0 Å². The third-order valence-corrected chi connectivity index (χ3v) is 3.62. The van der Waals surface area contributed by atoms with E-state index in [0.717, 1.165) is 29.8 Å². The van der Waals surface area contributed by atoms with Crippen LogP contribution in [0.3, 0.4) is 0 Å². The van der Waals surface area contributed by atoms with E-state index in [2.05, 4.69) is 35.4 Å². The van der Waals surface area contributed by atoms with Crippen molar-refractivity contribution in [3.63, 3.8) is 0 Å². The SMILES string of the molecule is CCCOCCOCCOc1ccc(/C=C/c2ccc(NC)cc2)cn1. The zero-order valence-corrected chi connectivity index (χ0v) is 15.6. The molecule has 1 aromatic heterocycles. The lowest BCUT2D eigenvalue weighted by Crippen LogP contribution is -2.11. The summed E-state index contributed by atoms with van der Waals surface area (Å²) in [6.45, 7) is 5.10. The first-order valence-electron chi connectivity index (χ1n) is 9.02. The van der Waals surface area contributed by atoms with Crippen LogP contribution < -0.4 is 10.1 Å². The average molecular weight is 356 g/mol. The molecule has 1 heterocycles. The summed E-state index contributed by atoms with van der Waals surface area (Å²) in [5.74, 6) is 0.603. The third kappa shape index (κ3) is 7.68. The maximum atomic E-state index is 5.57. The Balaban J connectivity index is 1.68. The molecule has 0 saturated heterocycles. The fraction of sp³-hybridized carbons (Fsp3) is 0.381. The van der Waals surface area contributed by atoms with Crippen LogP contribution in [0, 0.1) is 0 Å². The van der Waals surface area contributed by atoms with Gasteiger partial charge in [0.05, 0.1) is 19.8 Å². The van der Waals surface area contributed by atoms with E-state index in [4.69, 9.17) is 14.2 Å². The highest BCUT2D eigenvalue weighted by atomic mass is 16.5. The number of rotatable bonds is 12. The lowest BCUT2D eigenvalue weighted by Gasteiger charge is -2.07. The first-order chi connectivity index (χ1) is 12.8. The fourth-order valence-electron chi connectivity index (χ4n) is 2.20. The van der Waals surface area contributed by atoms with Gasteiger partial charge in [-0.2, -0.15) is 0 Å². The quantitative estimate of drug-likeness (QED) is 0.580. The van der Waals surface area contributed by atoms with Gasteiger partial charge in [0, 0.05) is 31.6 Å². The van der Waals surface area contributed by atoms with Crippen LogP contribution in [-0.2, 0) is 9.47 Å². The van der Waals surface area contributed by atoms with E-state index in [1.54, 1.807) is 6.20 Å². The first-order valence-corrected chi connectivity index (χ1v) is 9.02. The number of hydrogen-bond donors (Lipinski definition) is 1. The molecule has 0 fully saturated rings.